The summed E-state index contributed by atoms with van der Waals surface area (Å²) >= 11 is 0. The zero-order chi connectivity index (χ0) is 53.6. The van der Waals surface area contributed by atoms with Crippen LogP contribution in [0.25, 0.3) is 0 Å². The molecule has 0 heterocycles. The molecule has 0 aliphatic rings. The molecule has 0 aromatic heterocycles. The van der Waals surface area contributed by atoms with E-state index in [1.807, 2.05) is 0 Å². The molecule has 0 radical (unpaired) electrons. The molecule has 0 aromatic rings. The molecule has 0 aromatic carbocycles. The van der Waals surface area contributed by atoms with Crippen LogP contribution < -0.4 is 0 Å². The summed E-state index contributed by atoms with van der Waals surface area (Å²) in [4.78, 5) is 38.2. The van der Waals surface area contributed by atoms with Crippen LogP contribution in [0.4, 0.5) is 0 Å². The van der Waals surface area contributed by atoms with Crippen LogP contribution in [0.5, 0.6) is 0 Å². The minimum absolute atomic E-state index is 0.0657. The van der Waals surface area contributed by atoms with Crippen molar-refractivity contribution in [3.8, 4) is 0 Å². The number of carbonyl (C=O) groups excluding carboxylic acids is 3. The number of esters is 3. The molecular formula is C68H124O6. The van der Waals surface area contributed by atoms with Crippen molar-refractivity contribution in [2.24, 2.45) is 0 Å². The Labute approximate surface area is 460 Å². The summed E-state index contributed by atoms with van der Waals surface area (Å²) in [5.74, 6) is -0.843. The van der Waals surface area contributed by atoms with E-state index < -0.39 is 6.10 Å². The predicted molar refractivity (Wildman–Crippen MR) is 321 cm³/mol. The van der Waals surface area contributed by atoms with Crippen molar-refractivity contribution in [3.05, 3.63) is 48.6 Å². The molecule has 1 unspecified atom stereocenters. The Balaban J connectivity index is 4.07. The van der Waals surface area contributed by atoms with E-state index in [0.29, 0.717) is 19.3 Å². The molecule has 0 rings (SSSR count). The Morgan fingerprint density at radius 3 is 0.824 bits per heavy atom. The highest BCUT2D eigenvalue weighted by Gasteiger charge is 2.19. The van der Waals surface area contributed by atoms with Crippen molar-refractivity contribution < 1.29 is 28.6 Å². The molecule has 0 fully saturated rings. The van der Waals surface area contributed by atoms with Crippen molar-refractivity contribution in [2.45, 2.75) is 354 Å². The number of carbonyl (C=O) groups is 3. The maximum Gasteiger partial charge on any atom is 0.306 e. The van der Waals surface area contributed by atoms with Crippen molar-refractivity contribution in [3.63, 3.8) is 0 Å². The maximum absolute atomic E-state index is 12.9. The van der Waals surface area contributed by atoms with Crippen molar-refractivity contribution in [1.29, 1.82) is 0 Å². The molecule has 0 saturated carbocycles. The lowest BCUT2D eigenvalue weighted by molar-refractivity contribution is -0.167. The Bertz CT molecular complexity index is 1280. The van der Waals surface area contributed by atoms with Crippen LogP contribution in [0.1, 0.15) is 348 Å². The summed E-state index contributed by atoms with van der Waals surface area (Å²) < 4.78 is 16.9. The molecule has 432 valence electrons. The van der Waals surface area contributed by atoms with Crippen LogP contribution in [-0.2, 0) is 28.6 Å². The van der Waals surface area contributed by atoms with Crippen LogP contribution in [0, 0.1) is 0 Å². The standard InChI is InChI=1S/C68H124O6/c1-4-7-10-13-16-19-22-24-26-27-28-29-30-31-32-33-34-35-36-37-38-39-40-41-43-44-46-49-52-55-58-61-67(70)73-64-65(63-72-66(69)60-57-54-51-48-21-18-15-12-9-6-3)74-68(71)62-59-56-53-50-47-45-42-25-23-20-17-14-11-8-5-2/h7,10,16,19,24,26,28-29,65H,4-6,8-9,11-15,17-18,20-23,25,27,30-64H2,1-3H3/b10-7-,19-16-,26-24-,29-28-. The van der Waals surface area contributed by atoms with Crippen LogP contribution in [0.3, 0.4) is 0 Å². The van der Waals surface area contributed by atoms with Gasteiger partial charge in [-0.05, 0) is 57.8 Å². The zero-order valence-electron chi connectivity index (χ0n) is 49.6. The number of allylic oxidation sites excluding steroid dienone is 8. The number of ether oxygens (including phenoxy) is 3. The van der Waals surface area contributed by atoms with Gasteiger partial charge in [0.1, 0.15) is 13.2 Å². The highest BCUT2D eigenvalue weighted by atomic mass is 16.6. The monoisotopic (exact) mass is 1040 g/mol. The summed E-state index contributed by atoms with van der Waals surface area (Å²) in [6.07, 6.45) is 78.5. The van der Waals surface area contributed by atoms with Gasteiger partial charge in [0.25, 0.3) is 0 Å². The Kier molecular flexibility index (Phi) is 60.7. The third-order valence-corrected chi connectivity index (χ3v) is 14.6. The minimum Gasteiger partial charge on any atom is -0.462 e. The average molecular weight is 1040 g/mol. The molecule has 0 bridgehead atoms. The fourth-order valence-corrected chi connectivity index (χ4v) is 9.73. The van der Waals surface area contributed by atoms with Gasteiger partial charge in [-0.1, -0.05) is 320 Å². The second-order valence-corrected chi connectivity index (χ2v) is 22.0. The first-order chi connectivity index (χ1) is 36.5. The van der Waals surface area contributed by atoms with Gasteiger partial charge < -0.3 is 14.2 Å². The summed E-state index contributed by atoms with van der Waals surface area (Å²) in [7, 11) is 0. The minimum atomic E-state index is -0.766. The fraction of sp³-hybridized carbons (Fsp3) is 0.838. The van der Waals surface area contributed by atoms with Gasteiger partial charge in [0, 0.05) is 19.3 Å². The molecular weight excluding hydrogens is 913 g/mol. The number of hydrogen-bond acceptors (Lipinski definition) is 6. The molecule has 0 aliphatic carbocycles. The first-order valence-electron chi connectivity index (χ1n) is 32.6. The topological polar surface area (TPSA) is 78.9 Å². The predicted octanol–water partition coefficient (Wildman–Crippen LogP) is 22.2. The van der Waals surface area contributed by atoms with Crippen molar-refractivity contribution in [2.75, 3.05) is 13.2 Å². The normalized spacial score (nSPS) is 12.3. The second-order valence-electron chi connectivity index (χ2n) is 22.0. The van der Waals surface area contributed by atoms with Crippen LogP contribution in [0.2, 0.25) is 0 Å². The molecule has 6 heteroatoms. The number of hydrogen-bond donors (Lipinski definition) is 0. The fourth-order valence-electron chi connectivity index (χ4n) is 9.73. The third kappa shape index (κ3) is 60.2. The molecule has 6 nitrogen and oxygen atoms in total. The highest BCUT2D eigenvalue weighted by molar-refractivity contribution is 5.71. The largest absolute Gasteiger partial charge is 0.462 e. The van der Waals surface area contributed by atoms with Crippen LogP contribution >= 0.6 is 0 Å². The van der Waals surface area contributed by atoms with Gasteiger partial charge >= 0.3 is 17.9 Å². The molecule has 74 heavy (non-hydrogen) atoms. The molecule has 0 aliphatic heterocycles. The summed E-state index contributed by atoms with van der Waals surface area (Å²) in [6.45, 7) is 6.57. The third-order valence-electron chi connectivity index (χ3n) is 14.6. The van der Waals surface area contributed by atoms with Gasteiger partial charge in [-0.25, -0.2) is 0 Å². The molecule has 0 saturated heterocycles. The van der Waals surface area contributed by atoms with Gasteiger partial charge in [0.05, 0.1) is 0 Å². The van der Waals surface area contributed by atoms with Gasteiger partial charge in [-0.15, -0.1) is 0 Å². The van der Waals surface area contributed by atoms with E-state index in [-0.39, 0.29) is 31.1 Å². The zero-order valence-corrected chi connectivity index (χ0v) is 49.6. The van der Waals surface area contributed by atoms with Crippen LogP contribution in [0.15, 0.2) is 48.6 Å². The van der Waals surface area contributed by atoms with Gasteiger partial charge in [-0.2, -0.15) is 0 Å². The molecule has 0 N–H and O–H groups in total. The Hall–Kier alpha value is -2.63. The lowest BCUT2D eigenvalue weighted by Gasteiger charge is -2.18. The lowest BCUT2D eigenvalue weighted by Crippen LogP contribution is -2.30. The van der Waals surface area contributed by atoms with Gasteiger partial charge in [-0.3, -0.25) is 14.4 Å². The maximum atomic E-state index is 12.9. The van der Waals surface area contributed by atoms with E-state index in [0.717, 1.165) is 83.5 Å². The molecule has 0 amide bonds. The number of unbranched alkanes of at least 4 members (excludes halogenated alkanes) is 41. The van der Waals surface area contributed by atoms with E-state index in [1.54, 1.807) is 0 Å². The second kappa shape index (κ2) is 62.9. The number of rotatable bonds is 60. The van der Waals surface area contributed by atoms with Crippen LogP contribution in [-0.4, -0.2) is 37.2 Å². The summed E-state index contributed by atoms with van der Waals surface area (Å²) in [5.41, 5.74) is 0. The smallest absolute Gasteiger partial charge is 0.306 e. The van der Waals surface area contributed by atoms with Gasteiger partial charge in [0.15, 0.2) is 6.10 Å². The quantitative estimate of drug-likeness (QED) is 0.0261. The van der Waals surface area contributed by atoms with Gasteiger partial charge in [0.2, 0.25) is 0 Å². The van der Waals surface area contributed by atoms with Crippen molar-refractivity contribution in [1.82, 2.24) is 0 Å². The van der Waals surface area contributed by atoms with E-state index in [1.165, 1.54) is 225 Å². The summed E-state index contributed by atoms with van der Waals surface area (Å²) in [6, 6.07) is 0. The van der Waals surface area contributed by atoms with E-state index in [2.05, 4.69) is 69.4 Å². The lowest BCUT2D eigenvalue weighted by atomic mass is 10.0. The SMILES string of the molecule is CC/C=C\C/C=C\C/C=C\C/C=C\CCCCCCCCCCCCCCCCCCCCC(=O)OCC(COC(=O)CCCCCCCCCCCC)OC(=O)CCCCCCCCCCCCCCCCC. The van der Waals surface area contributed by atoms with E-state index in [4.69, 9.17) is 14.2 Å². The Morgan fingerprint density at radius 1 is 0.284 bits per heavy atom. The Morgan fingerprint density at radius 2 is 0.527 bits per heavy atom. The highest BCUT2D eigenvalue weighted by Crippen LogP contribution is 2.18. The molecule has 0 spiro atoms. The average Bonchev–Trinajstić information content (AvgIpc) is 3.40. The summed E-state index contributed by atoms with van der Waals surface area (Å²) in [5, 5.41) is 0. The first kappa shape index (κ1) is 71.4. The van der Waals surface area contributed by atoms with E-state index in [9.17, 15) is 14.4 Å². The first-order valence-corrected chi connectivity index (χ1v) is 32.6. The molecule has 1 atom stereocenters. The van der Waals surface area contributed by atoms with Crippen molar-refractivity contribution >= 4 is 17.9 Å². The van der Waals surface area contributed by atoms with E-state index >= 15 is 0 Å².